The van der Waals surface area contributed by atoms with Gasteiger partial charge in [-0.25, -0.2) is 0 Å². The number of fused-ring (bicyclic) bond motifs is 5. The fraction of sp³-hybridized carbons (Fsp3) is 0.939. The zero-order valence-corrected chi connectivity index (χ0v) is 24.9. The summed E-state index contributed by atoms with van der Waals surface area (Å²) in [5, 5.41) is 12.2. The van der Waals surface area contributed by atoms with Crippen molar-refractivity contribution in [1.82, 2.24) is 0 Å². The Morgan fingerprint density at radius 1 is 1.03 bits per heavy atom. The van der Waals surface area contributed by atoms with Crippen LogP contribution in [0.2, 0.25) is 0 Å². The Morgan fingerprint density at radius 3 is 2.49 bits per heavy atom. The highest BCUT2D eigenvalue weighted by atomic mass is 16.5. The van der Waals surface area contributed by atoms with Gasteiger partial charge in [0.25, 0.3) is 0 Å². The first-order valence-electron chi connectivity index (χ1n) is 16.1. The van der Waals surface area contributed by atoms with E-state index in [4.69, 9.17) is 10.5 Å². The summed E-state index contributed by atoms with van der Waals surface area (Å²) in [6.45, 7) is 17.4. The van der Waals surface area contributed by atoms with Crippen LogP contribution in [0.15, 0.2) is 11.6 Å². The first-order valence-corrected chi connectivity index (χ1v) is 16.1. The molecule has 0 aromatic rings. The second kappa shape index (κ2) is 10.5. The molecular weight excluding hydrogens is 456 g/mol. The molecule has 1 unspecified atom stereocenters. The molecule has 3 N–H and O–H groups in total. The normalized spacial score (nSPS) is 44.1. The molecule has 1 heterocycles. The predicted molar refractivity (Wildman–Crippen MR) is 153 cm³/mol. The van der Waals surface area contributed by atoms with Gasteiger partial charge in [0.15, 0.2) is 0 Å². The average molecular weight is 516 g/mol. The minimum Gasteiger partial charge on any atom is -0.370 e. The average Bonchev–Trinajstić information content (AvgIpc) is 3.22. The molecule has 4 heteroatoms. The van der Waals surface area contributed by atoms with E-state index in [1.165, 1.54) is 51.4 Å². The lowest BCUT2D eigenvalue weighted by molar-refractivity contribution is -1.00. The van der Waals surface area contributed by atoms with Crippen LogP contribution in [0.4, 0.5) is 0 Å². The Labute approximate surface area is 228 Å². The Bertz CT molecular complexity index is 829. The van der Waals surface area contributed by atoms with Gasteiger partial charge in [0.1, 0.15) is 13.1 Å². The third-order valence-corrected chi connectivity index (χ3v) is 13.1. The molecule has 0 aromatic carbocycles. The van der Waals surface area contributed by atoms with Gasteiger partial charge in [-0.2, -0.15) is 0 Å². The molecule has 37 heavy (non-hydrogen) atoms. The zero-order valence-electron chi connectivity index (χ0n) is 24.9. The van der Waals surface area contributed by atoms with Crippen LogP contribution in [0.25, 0.3) is 0 Å². The molecule has 4 aliphatic carbocycles. The SMILES string of the molecule is CC(C)CCC[C@@H](C)[C@H]1CC[C@H]2[C@@H]3CC=C4CC(O)([N+]5(CCN)CCOCC5)CC[C@]4(C)[C@H]3CC[C@]12C. The highest BCUT2D eigenvalue weighted by molar-refractivity contribution is 5.26. The van der Waals surface area contributed by atoms with Crippen LogP contribution in [-0.4, -0.2) is 54.7 Å². The molecule has 5 rings (SSSR count). The van der Waals surface area contributed by atoms with E-state index < -0.39 is 5.72 Å². The topological polar surface area (TPSA) is 55.5 Å². The number of nitrogens with two attached hydrogens (primary N) is 1. The number of quaternary nitrogens is 1. The summed E-state index contributed by atoms with van der Waals surface area (Å²) in [4.78, 5) is 0. The first kappa shape index (κ1) is 28.1. The van der Waals surface area contributed by atoms with E-state index in [1.807, 2.05) is 0 Å². The molecule has 0 aromatic heterocycles. The van der Waals surface area contributed by atoms with Gasteiger partial charge in [-0.3, -0.25) is 4.48 Å². The summed E-state index contributed by atoms with van der Waals surface area (Å²) in [5.41, 5.74) is 7.84. The maximum absolute atomic E-state index is 12.2. The van der Waals surface area contributed by atoms with E-state index in [2.05, 4.69) is 40.7 Å². The molecule has 4 fully saturated rings. The molecule has 1 saturated heterocycles. The molecule has 3 saturated carbocycles. The molecule has 0 radical (unpaired) electrons. The lowest BCUT2D eigenvalue weighted by Gasteiger charge is -2.61. The van der Waals surface area contributed by atoms with Crippen molar-refractivity contribution in [2.45, 2.75) is 111 Å². The lowest BCUT2D eigenvalue weighted by Crippen LogP contribution is -2.71. The number of hydrogen-bond donors (Lipinski definition) is 2. The van der Waals surface area contributed by atoms with Crippen LogP contribution in [0.1, 0.15) is 105 Å². The standard InChI is InChI=1S/C33H59N2O2/c1-24(2)7-6-8-25(3)28-11-12-29-27-10-9-26-23-33(36,35(18-17-34)19-21-37-22-20-35)16-15-31(26,4)30(27)13-14-32(28,29)5/h9,24-25,27-30,36H,6-8,10-23,34H2,1-5H3/q+1/t25-,27+,28-,29+,30+,31+,32-,33?/m1/s1. The second-order valence-electron chi connectivity index (χ2n) is 15.2. The molecule has 1 aliphatic heterocycles. The van der Waals surface area contributed by atoms with Gasteiger partial charge in [-0.15, -0.1) is 0 Å². The van der Waals surface area contributed by atoms with Gasteiger partial charge >= 0.3 is 0 Å². The Hall–Kier alpha value is -0.420. The van der Waals surface area contributed by atoms with E-state index in [1.54, 1.807) is 5.57 Å². The molecule has 0 amide bonds. The molecule has 8 atom stereocenters. The quantitative estimate of drug-likeness (QED) is 0.286. The Kier molecular flexibility index (Phi) is 8.00. The van der Waals surface area contributed by atoms with Gasteiger partial charge in [0, 0.05) is 13.0 Å². The third kappa shape index (κ3) is 4.68. The van der Waals surface area contributed by atoms with Crippen LogP contribution >= 0.6 is 0 Å². The smallest absolute Gasteiger partial charge is 0.204 e. The maximum Gasteiger partial charge on any atom is 0.204 e. The first-order chi connectivity index (χ1) is 17.6. The number of allylic oxidation sites excluding steroid dienone is 1. The van der Waals surface area contributed by atoms with Crippen LogP contribution in [0, 0.1) is 46.3 Å². The van der Waals surface area contributed by atoms with Crippen molar-refractivity contribution in [3.05, 3.63) is 11.6 Å². The predicted octanol–water partition coefficient (Wildman–Crippen LogP) is 6.52. The van der Waals surface area contributed by atoms with Gasteiger partial charge < -0.3 is 15.6 Å². The summed E-state index contributed by atoms with van der Waals surface area (Å²) < 4.78 is 6.48. The molecule has 5 aliphatic rings. The lowest BCUT2D eigenvalue weighted by atomic mass is 9.46. The number of rotatable bonds is 8. The maximum atomic E-state index is 12.2. The van der Waals surface area contributed by atoms with Crippen LogP contribution < -0.4 is 5.73 Å². The second-order valence-corrected chi connectivity index (χ2v) is 15.2. The minimum absolute atomic E-state index is 0.274. The molecule has 0 spiro atoms. The van der Waals surface area contributed by atoms with Crippen molar-refractivity contribution >= 4 is 0 Å². The van der Waals surface area contributed by atoms with Crippen LogP contribution in [-0.2, 0) is 4.74 Å². The van der Waals surface area contributed by atoms with Crippen molar-refractivity contribution in [3.8, 4) is 0 Å². The van der Waals surface area contributed by atoms with Crippen molar-refractivity contribution < 1.29 is 14.3 Å². The van der Waals surface area contributed by atoms with E-state index >= 15 is 0 Å². The van der Waals surface area contributed by atoms with E-state index in [0.29, 0.717) is 12.0 Å². The van der Waals surface area contributed by atoms with E-state index in [-0.39, 0.29) is 5.41 Å². The summed E-state index contributed by atoms with van der Waals surface area (Å²) in [6.07, 6.45) is 16.8. The van der Waals surface area contributed by atoms with Gasteiger partial charge in [0.05, 0.1) is 26.2 Å². The van der Waals surface area contributed by atoms with Crippen molar-refractivity contribution in [2.24, 2.45) is 52.1 Å². The summed E-state index contributed by atoms with van der Waals surface area (Å²) >= 11 is 0. The molecule has 4 nitrogen and oxygen atoms in total. The highest BCUT2D eigenvalue weighted by Crippen LogP contribution is 2.68. The van der Waals surface area contributed by atoms with Crippen molar-refractivity contribution in [2.75, 3.05) is 39.4 Å². The number of hydrogen-bond acceptors (Lipinski definition) is 3. The summed E-state index contributed by atoms with van der Waals surface area (Å²) in [7, 11) is 0. The minimum atomic E-state index is -0.672. The highest BCUT2D eigenvalue weighted by Gasteiger charge is 2.62. The van der Waals surface area contributed by atoms with Crippen molar-refractivity contribution in [3.63, 3.8) is 0 Å². The number of morpholine rings is 1. The summed E-state index contributed by atoms with van der Waals surface area (Å²) in [5.74, 6) is 5.18. The number of nitrogens with zero attached hydrogens (tertiary/aromatic N) is 1. The third-order valence-electron chi connectivity index (χ3n) is 13.1. The fourth-order valence-corrected chi connectivity index (χ4v) is 10.8. The fourth-order valence-electron chi connectivity index (χ4n) is 10.8. The number of aliphatic hydroxyl groups is 1. The monoisotopic (exact) mass is 515 g/mol. The number of ether oxygens (including phenoxy) is 1. The zero-order chi connectivity index (χ0) is 26.5. The van der Waals surface area contributed by atoms with Crippen LogP contribution in [0.5, 0.6) is 0 Å². The van der Waals surface area contributed by atoms with Gasteiger partial charge in [0.2, 0.25) is 5.72 Å². The Morgan fingerprint density at radius 2 is 1.78 bits per heavy atom. The van der Waals surface area contributed by atoms with Gasteiger partial charge in [-0.05, 0) is 84.9 Å². The largest absolute Gasteiger partial charge is 0.370 e. The van der Waals surface area contributed by atoms with E-state index in [9.17, 15) is 5.11 Å². The van der Waals surface area contributed by atoms with Crippen molar-refractivity contribution in [1.29, 1.82) is 0 Å². The molecular formula is C33H59N2O2+. The van der Waals surface area contributed by atoms with E-state index in [0.717, 1.165) is 92.1 Å². The summed E-state index contributed by atoms with van der Waals surface area (Å²) in [6, 6.07) is 0. The van der Waals surface area contributed by atoms with Crippen LogP contribution in [0.3, 0.4) is 0 Å². The van der Waals surface area contributed by atoms with Gasteiger partial charge in [-0.1, -0.05) is 65.5 Å². The molecule has 0 bridgehead atoms. The molecule has 212 valence electrons. The Balaban J connectivity index is 1.33.